The molecule has 0 radical (unpaired) electrons. The van der Waals surface area contributed by atoms with Crippen LogP contribution in [0.1, 0.15) is 5.69 Å². The standard InChI is InChI=1S/C12H13N5O2S2/c1-8-7-21-12(18)16(8)4-6-20-11-15-14-10(17(11)13)9-3-2-5-19-9/h2-3,5,7H,4,6,13H2,1H3. The van der Waals surface area contributed by atoms with Crippen LogP contribution in [0, 0.1) is 6.92 Å². The molecular weight excluding hydrogens is 310 g/mol. The van der Waals surface area contributed by atoms with E-state index in [2.05, 4.69) is 10.2 Å². The highest BCUT2D eigenvalue weighted by molar-refractivity contribution is 7.99. The number of hydrogen-bond acceptors (Lipinski definition) is 7. The number of thiazole rings is 1. The van der Waals surface area contributed by atoms with Crippen molar-refractivity contribution in [1.29, 1.82) is 0 Å². The maximum absolute atomic E-state index is 11.6. The van der Waals surface area contributed by atoms with Crippen LogP contribution in [0.2, 0.25) is 0 Å². The predicted octanol–water partition coefficient (Wildman–Crippen LogP) is 1.58. The third-order valence-electron chi connectivity index (χ3n) is 2.93. The van der Waals surface area contributed by atoms with Crippen molar-refractivity contribution >= 4 is 23.1 Å². The van der Waals surface area contributed by atoms with E-state index in [0.29, 0.717) is 29.0 Å². The second kappa shape index (κ2) is 5.78. The molecular formula is C12H13N5O2S2. The molecule has 0 fully saturated rings. The molecule has 0 atom stereocenters. The van der Waals surface area contributed by atoms with Gasteiger partial charge in [0.2, 0.25) is 11.0 Å². The molecule has 7 nitrogen and oxygen atoms in total. The average molecular weight is 323 g/mol. The number of nitrogen functional groups attached to an aromatic ring is 1. The number of nitrogens with zero attached hydrogens (tertiary/aromatic N) is 4. The Hall–Kier alpha value is -2.00. The van der Waals surface area contributed by atoms with E-state index in [0.717, 1.165) is 5.69 Å². The van der Waals surface area contributed by atoms with Gasteiger partial charge in [0.05, 0.1) is 6.26 Å². The molecule has 0 amide bonds. The van der Waals surface area contributed by atoms with Crippen molar-refractivity contribution in [3.63, 3.8) is 0 Å². The molecule has 0 aliphatic carbocycles. The van der Waals surface area contributed by atoms with E-state index < -0.39 is 0 Å². The Balaban J connectivity index is 1.68. The van der Waals surface area contributed by atoms with Crippen LogP contribution in [0.5, 0.6) is 0 Å². The van der Waals surface area contributed by atoms with Crippen LogP contribution in [0.4, 0.5) is 0 Å². The van der Waals surface area contributed by atoms with Crippen molar-refractivity contribution in [3.05, 3.63) is 39.1 Å². The van der Waals surface area contributed by atoms with Gasteiger partial charge < -0.3 is 14.8 Å². The molecule has 3 aromatic rings. The highest BCUT2D eigenvalue weighted by Crippen LogP contribution is 2.21. The first kappa shape index (κ1) is 14.0. The molecule has 0 unspecified atom stereocenters. The Bertz CT molecular complexity index is 787. The number of nitrogens with two attached hydrogens (primary N) is 1. The van der Waals surface area contributed by atoms with Gasteiger partial charge in [0.1, 0.15) is 0 Å². The zero-order chi connectivity index (χ0) is 14.8. The normalized spacial score (nSPS) is 11.1. The van der Waals surface area contributed by atoms with Crippen molar-refractivity contribution in [2.75, 3.05) is 11.6 Å². The van der Waals surface area contributed by atoms with Gasteiger partial charge in [0.15, 0.2) is 5.76 Å². The van der Waals surface area contributed by atoms with Crippen LogP contribution in [-0.2, 0) is 6.54 Å². The van der Waals surface area contributed by atoms with Gasteiger partial charge in [-0.2, -0.15) is 0 Å². The highest BCUT2D eigenvalue weighted by atomic mass is 32.2. The minimum absolute atomic E-state index is 0.0542. The Morgan fingerprint density at radius 3 is 3.00 bits per heavy atom. The first-order chi connectivity index (χ1) is 10.2. The molecule has 0 aromatic carbocycles. The molecule has 0 bridgehead atoms. The van der Waals surface area contributed by atoms with Crippen LogP contribution >= 0.6 is 23.1 Å². The summed E-state index contributed by atoms with van der Waals surface area (Å²) in [6, 6.07) is 3.54. The summed E-state index contributed by atoms with van der Waals surface area (Å²) < 4.78 is 8.39. The second-order valence-electron chi connectivity index (χ2n) is 4.30. The van der Waals surface area contributed by atoms with Gasteiger partial charge in [-0.15, -0.1) is 10.2 Å². The molecule has 0 spiro atoms. The van der Waals surface area contributed by atoms with Crippen molar-refractivity contribution < 1.29 is 4.42 Å². The summed E-state index contributed by atoms with van der Waals surface area (Å²) in [4.78, 5) is 11.7. The minimum atomic E-state index is 0.0542. The number of hydrogen-bond donors (Lipinski definition) is 1. The minimum Gasteiger partial charge on any atom is -0.461 e. The monoisotopic (exact) mass is 323 g/mol. The summed E-state index contributed by atoms with van der Waals surface area (Å²) in [5, 5.41) is 10.5. The first-order valence-corrected chi connectivity index (χ1v) is 8.05. The molecule has 3 aromatic heterocycles. The molecule has 9 heteroatoms. The summed E-state index contributed by atoms with van der Waals surface area (Å²) in [6.07, 6.45) is 1.56. The smallest absolute Gasteiger partial charge is 0.307 e. The summed E-state index contributed by atoms with van der Waals surface area (Å²) in [6.45, 7) is 2.53. The molecule has 2 N–H and O–H groups in total. The van der Waals surface area contributed by atoms with E-state index in [4.69, 9.17) is 10.3 Å². The van der Waals surface area contributed by atoms with Gasteiger partial charge in [-0.3, -0.25) is 4.79 Å². The molecule has 0 aliphatic heterocycles. The zero-order valence-corrected chi connectivity index (χ0v) is 12.9. The van der Waals surface area contributed by atoms with Crippen molar-refractivity contribution in [2.24, 2.45) is 0 Å². The largest absolute Gasteiger partial charge is 0.461 e. The van der Waals surface area contributed by atoms with E-state index >= 15 is 0 Å². The van der Waals surface area contributed by atoms with Crippen molar-refractivity contribution in [3.8, 4) is 11.6 Å². The summed E-state index contributed by atoms with van der Waals surface area (Å²) in [5.41, 5.74) is 0.969. The molecule has 110 valence electrons. The van der Waals surface area contributed by atoms with Gasteiger partial charge in [-0.05, 0) is 19.1 Å². The maximum atomic E-state index is 11.6. The van der Waals surface area contributed by atoms with Crippen LogP contribution in [-0.4, -0.2) is 25.2 Å². The number of aromatic nitrogens is 4. The fourth-order valence-electron chi connectivity index (χ4n) is 1.85. The number of thioether (sulfide) groups is 1. The molecule has 0 saturated heterocycles. The summed E-state index contributed by atoms with van der Waals surface area (Å²) >= 11 is 2.66. The average Bonchev–Trinajstić information content (AvgIpc) is 3.16. The van der Waals surface area contributed by atoms with E-state index in [9.17, 15) is 4.79 Å². The lowest BCUT2D eigenvalue weighted by Gasteiger charge is -2.04. The van der Waals surface area contributed by atoms with Crippen molar-refractivity contribution in [2.45, 2.75) is 18.6 Å². The number of rotatable bonds is 5. The lowest BCUT2D eigenvalue weighted by atomic mass is 10.4. The van der Waals surface area contributed by atoms with Crippen LogP contribution in [0.15, 0.2) is 38.1 Å². The van der Waals surface area contributed by atoms with Gasteiger partial charge in [-0.1, -0.05) is 23.1 Å². The third-order valence-corrected chi connectivity index (χ3v) is 4.73. The SMILES string of the molecule is Cc1csc(=O)n1CCSc1nnc(-c2ccco2)n1N. The van der Waals surface area contributed by atoms with Crippen LogP contribution in [0.3, 0.4) is 0 Å². The van der Waals surface area contributed by atoms with Gasteiger partial charge in [0, 0.05) is 23.4 Å². The molecule has 21 heavy (non-hydrogen) atoms. The van der Waals surface area contributed by atoms with Gasteiger partial charge in [0.25, 0.3) is 0 Å². The zero-order valence-electron chi connectivity index (χ0n) is 11.2. The summed E-state index contributed by atoms with van der Waals surface area (Å²) in [5.74, 6) is 7.69. The summed E-state index contributed by atoms with van der Waals surface area (Å²) in [7, 11) is 0. The first-order valence-electron chi connectivity index (χ1n) is 6.19. The van der Waals surface area contributed by atoms with E-state index in [-0.39, 0.29) is 4.87 Å². The Kier molecular flexibility index (Phi) is 3.84. The van der Waals surface area contributed by atoms with E-state index in [1.165, 1.54) is 27.8 Å². The third kappa shape index (κ3) is 2.74. The maximum Gasteiger partial charge on any atom is 0.307 e. The second-order valence-corrected chi connectivity index (χ2v) is 6.18. The number of aryl methyl sites for hydroxylation is 1. The van der Waals surface area contributed by atoms with E-state index in [1.807, 2.05) is 12.3 Å². The van der Waals surface area contributed by atoms with Crippen LogP contribution in [0.25, 0.3) is 11.6 Å². The van der Waals surface area contributed by atoms with Gasteiger partial charge >= 0.3 is 4.87 Å². The Morgan fingerprint density at radius 2 is 2.33 bits per heavy atom. The lowest BCUT2D eigenvalue weighted by molar-refractivity contribution is 0.574. The Morgan fingerprint density at radius 1 is 1.48 bits per heavy atom. The Labute approximate surface area is 128 Å². The lowest BCUT2D eigenvalue weighted by Crippen LogP contribution is -2.16. The number of furan rings is 1. The van der Waals surface area contributed by atoms with E-state index in [1.54, 1.807) is 23.0 Å². The fourth-order valence-corrected chi connectivity index (χ4v) is 3.39. The molecule has 3 heterocycles. The highest BCUT2D eigenvalue weighted by Gasteiger charge is 2.14. The molecule has 0 saturated carbocycles. The molecule has 0 aliphatic rings. The molecule has 3 rings (SSSR count). The van der Waals surface area contributed by atoms with Gasteiger partial charge in [-0.25, -0.2) is 4.68 Å². The topological polar surface area (TPSA) is 91.9 Å². The quantitative estimate of drug-likeness (QED) is 0.566. The fraction of sp³-hybridized carbons (Fsp3) is 0.250. The predicted molar refractivity (Wildman–Crippen MR) is 81.9 cm³/mol. The van der Waals surface area contributed by atoms with Crippen LogP contribution < -0.4 is 10.7 Å². The van der Waals surface area contributed by atoms with Crippen molar-refractivity contribution in [1.82, 2.24) is 19.4 Å².